The van der Waals surface area contributed by atoms with E-state index in [0.717, 1.165) is 0 Å². The van der Waals surface area contributed by atoms with Gasteiger partial charge in [0.05, 0.1) is 11.0 Å². The number of anilines is 2. The van der Waals surface area contributed by atoms with Gasteiger partial charge in [0.2, 0.25) is 0 Å². The zero-order valence-corrected chi connectivity index (χ0v) is 43.9. The summed E-state index contributed by atoms with van der Waals surface area (Å²) in [6, 6.07) is 44.4. The molecule has 4 heterocycles. The third-order valence-corrected chi connectivity index (χ3v) is 20.0. The molecule has 69 heavy (non-hydrogen) atoms. The molecule has 3 aliphatic carbocycles. The third kappa shape index (κ3) is 5.35. The van der Waals surface area contributed by atoms with Crippen LogP contribution < -0.4 is 15.7 Å². The first-order chi connectivity index (χ1) is 32.6. The highest BCUT2D eigenvalue weighted by atomic mass is 32.1. The summed E-state index contributed by atoms with van der Waals surface area (Å²) in [5.41, 5.74) is 25.6. The molecule has 2 aromatic heterocycles. The van der Waals surface area contributed by atoms with Crippen molar-refractivity contribution >= 4 is 82.5 Å². The molecule has 0 saturated heterocycles. The lowest BCUT2D eigenvalue weighted by molar-refractivity contribution is 0.332. The lowest BCUT2D eigenvalue weighted by Gasteiger charge is -2.46. The van der Waals surface area contributed by atoms with Crippen LogP contribution >= 0.6 is 11.3 Å². The van der Waals surface area contributed by atoms with Crippen molar-refractivity contribution < 1.29 is 0 Å². The van der Waals surface area contributed by atoms with Crippen molar-refractivity contribution in [3.8, 4) is 27.9 Å². The standard InChI is InChI=1S/C65H65BN2S/c1-60(2,3)36-22-24-37(25-23-36)68-51-35-48-46(62(6,7)27-29-64(48,10)11)31-42(51)56-57-58-54(55-39-19-15-17-21-53(39)69-59(55)56)41-30-45-47(63(8,9)28-26-61(45,4)5)34-50(41)67(58)52-33-44-40(32-49(52)66(57)68)38-18-14-16-20-43(38)65(44,12)13/h14-25,30-35H,26-29H2,1-13H3. The van der Waals surface area contributed by atoms with E-state index in [9.17, 15) is 0 Å². The number of benzene rings is 7. The fourth-order valence-electron chi connectivity index (χ4n) is 14.5. The minimum absolute atomic E-state index is 0.0416. The fraction of sp³-hybridized carbons (Fsp3) is 0.354. The van der Waals surface area contributed by atoms with Crippen molar-refractivity contribution in [1.82, 2.24) is 4.57 Å². The second kappa shape index (κ2) is 13.0. The van der Waals surface area contributed by atoms with E-state index in [1.807, 2.05) is 11.3 Å². The van der Waals surface area contributed by atoms with E-state index >= 15 is 0 Å². The molecule has 5 aliphatic rings. The summed E-state index contributed by atoms with van der Waals surface area (Å²) >= 11 is 2.03. The number of aromatic nitrogens is 1. The van der Waals surface area contributed by atoms with Crippen LogP contribution in [0.25, 0.3) is 69.9 Å². The van der Waals surface area contributed by atoms with Crippen molar-refractivity contribution in [2.24, 2.45) is 0 Å². The van der Waals surface area contributed by atoms with Gasteiger partial charge in [0, 0.05) is 64.5 Å². The number of rotatable bonds is 1. The van der Waals surface area contributed by atoms with Crippen LogP contribution in [0.5, 0.6) is 0 Å². The van der Waals surface area contributed by atoms with E-state index in [1.165, 1.54) is 157 Å². The van der Waals surface area contributed by atoms with Crippen LogP contribution in [0.3, 0.4) is 0 Å². The average Bonchev–Trinajstić information content (AvgIpc) is 3.93. The molecule has 0 unspecified atom stereocenters. The zero-order valence-electron chi connectivity index (χ0n) is 43.1. The van der Waals surface area contributed by atoms with Crippen LogP contribution in [0.2, 0.25) is 0 Å². The van der Waals surface area contributed by atoms with Gasteiger partial charge in [0.25, 0.3) is 0 Å². The van der Waals surface area contributed by atoms with Crippen LogP contribution in [0.4, 0.5) is 11.4 Å². The Kier molecular flexibility index (Phi) is 7.99. The van der Waals surface area contributed by atoms with Gasteiger partial charge in [-0.05, 0) is 162 Å². The van der Waals surface area contributed by atoms with Gasteiger partial charge in [0.1, 0.15) is 0 Å². The largest absolute Gasteiger partial charge is 0.376 e. The Labute approximate surface area is 413 Å². The quantitative estimate of drug-likeness (QED) is 0.149. The summed E-state index contributed by atoms with van der Waals surface area (Å²) in [5.74, 6) is 0. The van der Waals surface area contributed by atoms with Crippen LogP contribution in [-0.4, -0.2) is 11.4 Å². The van der Waals surface area contributed by atoms with Gasteiger partial charge in [-0.3, -0.25) is 0 Å². The van der Waals surface area contributed by atoms with E-state index in [2.05, 4.69) is 209 Å². The molecule has 0 radical (unpaired) electrons. The Hall–Kier alpha value is -5.58. The van der Waals surface area contributed by atoms with Crippen LogP contribution in [0.15, 0.2) is 109 Å². The van der Waals surface area contributed by atoms with Crippen molar-refractivity contribution in [3.63, 3.8) is 0 Å². The molecule has 2 nitrogen and oxygen atoms in total. The molecule has 0 bridgehead atoms. The van der Waals surface area contributed by atoms with E-state index in [-0.39, 0.29) is 39.3 Å². The summed E-state index contributed by atoms with van der Waals surface area (Å²) in [7, 11) is 0. The molecule has 14 rings (SSSR count). The maximum atomic E-state index is 2.82. The minimum Gasteiger partial charge on any atom is -0.376 e. The van der Waals surface area contributed by atoms with Crippen molar-refractivity contribution in [3.05, 3.63) is 148 Å². The van der Waals surface area contributed by atoms with E-state index in [0.29, 0.717) is 0 Å². The molecule has 9 aromatic rings. The fourth-order valence-corrected chi connectivity index (χ4v) is 15.8. The summed E-state index contributed by atoms with van der Waals surface area (Å²) in [5, 5.41) is 5.65. The maximum Gasteiger partial charge on any atom is 0.333 e. The number of fused-ring (bicyclic) bond motifs is 18. The summed E-state index contributed by atoms with van der Waals surface area (Å²) in [6.07, 6.45) is 4.73. The lowest BCUT2D eigenvalue weighted by Crippen LogP contribution is -2.60. The van der Waals surface area contributed by atoms with Gasteiger partial charge in [0.15, 0.2) is 0 Å². The average molecular weight is 917 g/mol. The smallest absolute Gasteiger partial charge is 0.333 e. The molecule has 7 aromatic carbocycles. The summed E-state index contributed by atoms with van der Waals surface area (Å²) in [4.78, 5) is 2.82. The maximum absolute atomic E-state index is 2.82. The highest BCUT2D eigenvalue weighted by molar-refractivity contribution is 7.27. The van der Waals surface area contributed by atoms with Crippen molar-refractivity contribution in [2.45, 2.75) is 148 Å². The molecule has 0 fully saturated rings. The Bertz CT molecular complexity index is 3800. The highest BCUT2D eigenvalue weighted by Crippen LogP contribution is 2.58. The summed E-state index contributed by atoms with van der Waals surface area (Å²) in [6.45, 7) is 31.9. The number of nitrogens with zero attached hydrogens (tertiary/aromatic N) is 2. The molecule has 0 spiro atoms. The molecule has 4 heteroatoms. The topological polar surface area (TPSA) is 8.17 Å². The first-order valence-corrected chi connectivity index (χ1v) is 26.8. The molecular formula is C65H65BN2S. The van der Waals surface area contributed by atoms with Gasteiger partial charge in [-0.1, -0.05) is 151 Å². The van der Waals surface area contributed by atoms with Gasteiger partial charge >= 0.3 is 6.85 Å². The van der Waals surface area contributed by atoms with Crippen LogP contribution in [-0.2, 0) is 32.5 Å². The Morgan fingerprint density at radius 3 is 1.80 bits per heavy atom. The SMILES string of the molecule is CC(C)(C)c1ccc(N2B3c4cc5c(cc4-n4c6cc7c(cc6c6c8c(sc9ccccc98)c(c3c64)-c3cc4c(cc32)C(C)(C)CCC4(C)C)C(C)(C)CCC7(C)C)C(C)(C)c2ccccc2-5)cc1. The zero-order chi connectivity index (χ0) is 47.9. The molecule has 0 saturated carbocycles. The van der Waals surface area contributed by atoms with Gasteiger partial charge in [-0.25, -0.2) is 0 Å². The molecule has 2 aliphatic heterocycles. The second-order valence-corrected chi connectivity index (χ2v) is 27.3. The van der Waals surface area contributed by atoms with Gasteiger partial charge < -0.3 is 9.38 Å². The number of thiophene rings is 1. The molecule has 344 valence electrons. The normalized spacial score (nSPS) is 19.4. The minimum atomic E-state index is -0.147. The lowest BCUT2D eigenvalue weighted by atomic mass is 9.43. The van der Waals surface area contributed by atoms with Crippen molar-refractivity contribution in [1.29, 1.82) is 0 Å². The number of hydrogen-bond donors (Lipinski definition) is 0. The Morgan fingerprint density at radius 2 is 1.12 bits per heavy atom. The van der Waals surface area contributed by atoms with Gasteiger partial charge in [-0.15, -0.1) is 11.3 Å². The highest BCUT2D eigenvalue weighted by Gasteiger charge is 2.50. The predicted octanol–water partition coefficient (Wildman–Crippen LogP) is 16.7. The Morgan fingerprint density at radius 1 is 0.522 bits per heavy atom. The van der Waals surface area contributed by atoms with E-state index in [1.54, 1.807) is 0 Å². The molecular weight excluding hydrogens is 852 g/mol. The number of hydrogen-bond acceptors (Lipinski definition) is 2. The van der Waals surface area contributed by atoms with Crippen LogP contribution in [0.1, 0.15) is 155 Å². The third-order valence-electron chi connectivity index (χ3n) is 18.8. The molecule has 0 amide bonds. The summed E-state index contributed by atoms with van der Waals surface area (Å²) < 4.78 is 5.61. The monoisotopic (exact) mass is 916 g/mol. The van der Waals surface area contributed by atoms with E-state index < -0.39 is 0 Å². The molecule has 0 N–H and O–H groups in total. The van der Waals surface area contributed by atoms with Gasteiger partial charge in [-0.2, -0.15) is 0 Å². The van der Waals surface area contributed by atoms with E-state index in [4.69, 9.17) is 0 Å². The van der Waals surface area contributed by atoms with Crippen LogP contribution in [0, 0.1) is 0 Å². The molecule has 0 atom stereocenters. The van der Waals surface area contributed by atoms with Crippen molar-refractivity contribution in [2.75, 3.05) is 4.81 Å². The predicted molar refractivity (Wildman–Crippen MR) is 300 cm³/mol. The first kappa shape index (κ1) is 42.3. The first-order valence-electron chi connectivity index (χ1n) is 26.0. The second-order valence-electron chi connectivity index (χ2n) is 26.2. The Balaban J connectivity index is 1.24.